The Kier molecular flexibility index (Phi) is 3.68. The lowest BCUT2D eigenvalue weighted by atomic mass is 10.0. The number of nitrogens with zero attached hydrogens (tertiary/aromatic N) is 1. The third-order valence-electron chi connectivity index (χ3n) is 2.38. The Bertz CT molecular complexity index is 214. The number of hydrogen-bond donors (Lipinski definition) is 4. The quantitative estimate of drug-likeness (QED) is 0.200. The molecule has 6 heteroatoms. The highest BCUT2D eigenvalue weighted by molar-refractivity contribution is 5.84. The Morgan fingerprint density at radius 1 is 1.79 bits per heavy atom. The molecular formula is C8H17N3O3. The van der Waals surface area contributed by atoms with Gasteiger partial charge >= 0.3 is 0 Å². The number of nitrogens with two attached hydrogens (primary N) is 1. The second kappa shape index (κ2) is 4.59. The number of amidine groups is 1. The molecule has 2 atom stereocenters. The summed E-state index contributed by atoms with van der Waals surface area (Å²) in [5.74, 6) is 0.104. The van der Waals surface area contributed by atoms with E-state index >= 15 is 0 Å². The molecule has 1 fully saturated rings. The molecule has 1 aliphatic rings. The van der Waals surface area contributed by atoms with Crippen LogP contribution in [0.3, 0.4) is 0 Å². The number of oxime groups is 1. The fourth-order valence-electron chi connectivity index (χ4n) is 1.27. The van der Waals surface area contributed by atoms with Gasteiger partial charge in [-0.25, -0.2) is 0 Å². The summed E-state index contributed by atoms with van der Waals surface area (Å²) in [6.45, 7) is 3.05. The van der Waals surface area contributed by atoms with Crippen molar-refractivity contribution in [1.82, 2.24) is 5.32 Å². The largest absolute Gasteiger partial charge is 0.409 e. The van der Waals surface area contributed by atoms with E-state index < -0.39 is 5.60 Å². The summed E-state index contributed by atoms with van der Waals surface area (Å²) in [6.07, 6.45) is 0.614. The van der Waals surface area contributed by atoms with Gasteiger partial charge in [-0.2, -0.15) is 0 Å². The predicted molar refractivity (Wildman–Crippen MR) is 51.3 cm³/mol. The lowest BCUT2D eigenvalue weighted by molar-refractivity contribution is 0.0265. The summed E-state index contributed by atoms with van der Waals surface area (Å²) in [7, 11) is 0. The molecule has 0 aliphatic carbocycles. The molecular weight excluding hydrogens is 186 g/mol. The molecule has 2 unspecified atom stereocenters. The number of ether oxygens (including phenoxy) is 1. The Labute approximate surface area is 82.7 Å². The maximum atomic E-state index is 9.86. The highest BCUT2D eigenvalue weighted by Gasteiger charge is 2.32. The molecule has 14 heavy (non-hydrogen) atoms. The van der Waals surface area contributed by atoms with Crippen molar-refractivity contribution in [2.45, 2.75) is 25.0 Å². The van der Waals surface area contributed by atoms with Crippen LogP contribution in [0.5, 0.6) is 0 Å². The van der Waals surface area contributed by atoms with Crippen molar-refractivity contribution >= 4 is 5.84 Å². The third-order valence-corrected chi connectivity index (χ3v) is 2.38. The Morgan fingerprint density at radius 2 is 2.50 bits per heavy atom. The van der Waals surface area contributed by atoms with Gasteiger partial charge in [0.25, 0.3) is 0 Å². The topological polar surface area (TPSA) is 100 Å². The van der Waals surface area contributed by atoms with Crippen molar-refractivity contribution in [1.29, 1.82) is 0 Å². The Balaban J connectivity index is 2.32. The van der Waals surface area contributed by atoms with Crippen molar-refractivity contribution in [2.75, 3.05) is 19.8 Å². The van der Waals surface area contributed by atoms with Gasteiger partial charge in [-0.15, -0.1) is 0 Å². The predicted octanol–water partition coefficient (Wildman–Crippen LogP) is -1.14. The second-order valence-electron chi connectivity index (χ2n) is 3.65. The van der Waals surface area contributed by atoms with E-state index in [1.807, 2.05) is 0 Å². The molecule has 1 heterocycles. The average molecular weight is 203 g/mol. The minimum atomic E-state index is -0.815. The summed E-state index contributed by atoms with van der Waals surface area (Å²) in [4.78, 5) is 0. The van der Waals surface area contributed by atoms with Gasteiger partial charge in [0.1, 0.15) is 5.60 Å². The molecule has 82 valence electrons. The zero-order valence-corrected chi connectivity index (χ0v) is 8.23. The van der Waals surface area contributed by atoms with Crippen LogP contribution in [-0.2, 0) is 4.74 Å². The van der Waals surface area contributed by atoms with Crippen LogP contribution < -0.4 is 11.1 Å². The van der Waals surface area contributed by atoms with E-state index in [1.54, 1.807) is 6.92 Å². The molecule has 1 rings (SSSR count). The fourth-order valence-corrected chi connectivity index (χ4v) is 1.27. The normalized spacial score (nSPS) is 30.6. The lowest BCUT2D eigenvalue weighted by Crippen LogP contribution is -2.48. The number of nitrogens with one attached hydrogen (secondary N) is 1. The molecule has 5 N–H and O–H groups in total. The standard InChI is InChI=1S/C8H17N3O3/c1-6(7(9)11-13)10-4-8(12)2-3-14-5-8/h6,10,12-13H,2-5H2,1H3,(H2,9,11). The summed E-state index contributed by atoms with van der Waals surface area (Å²) in [5.41, 5.74) is 4.55. The van der Waals surface area contributed by atoms with Crippen molar-refractivity contribution < 1.29 is 15.1 Å². The van der Waals surface area contributed by atoms with Gasteiger partial charge in [0.2, 0.25) is 0 Å². The first-order valence-corrected chi connectivity index (χ1v) is 4.58. The van der Waals surface area contributed by atoms with Crippen LogP contribution in [0.2, 0.25) is 0 Å². The summed E-state index contributed by atoms with van der Waals surface area (Å²) >= 11 is 0. The van der Waals surface area contributed by atoms with Crippen molar-refractivity contribution in [3.8, 4) is 0 Å². The second-order valence-corrected chi connectivity index (χ2v) is 3.65. The van der Waals surface area contributed by atoms with E-state index in [0.717, 1.165) is 0 Å². The van der Waals surface area contributed by atoms with E-state index in [1.165, 1.54) is 0 Å². The molecule has 6 nitrogen and oxygen atoms in total. The highest BCUT2D eigenvalue weighted by atomic mass is 16.5. The first-order chi connectivity index (χ1) is 6.57. The van der Waals surface area contributed by atoms with Crippen LogP contribution >= 0.6 is 0 Å². The molecule has 0 aromatic rings. The minimum absolute atomic E-state index is 0.104. The van der Waals surface area contributed by atoms with Crippen LogP contribution in [0.4, 0.5) is 0 Å². The maximum Gasteiger partial charge on any atom is 0.156 e. The summed E-state index contributed by atoms with van der Waals surface area (Å²) < 4.78 is 5.08. The van der Waals surface area contributed by atoms with E-state index in [-0.39, 0.29) is 11.9 Å². The lowest BCUT2D eigenvalue weighted by Gasteiger charge is -2.23. The summed E-state index contributed by atoms with van der Waals surface area (Å²) in [5, 5.41) is 24.1. The Hall–Kier alpha value is -0.850. The molecule has 0 spiro atoms. The van der Waals surface area contributed by atoms with E-state index in [0.29, 0.717) is 26.2 Å². The molecule has 0 amide bonds. The van der Waals surface area contributed by atoms with Crippen molar-refractivity contribution in [3.05, 3.63) is 0 Å². The van der Waals surface area contributed by atoms with Crippen LogP contribution in [0.25, 0.3) is 0 Å². The molecule has 1 saturated heterocycles. The molecule has 0 radical (unpaired) electrons. The average Bonchev–Trinajstić information content (AvgIpc) is 2.61. The van der Waals surface area contributed by atoms with Gasteiger partial charge in [-0.3, -0.25) is 0 Å². The molecule has 0 saturated carbocycles. The van der Waals surface area contributed by atoms with Gasteiger partial charge in [0.05, 0.1) is 12.6 Å². The van der Waals surface area contributed by atoms with Gasteiger partial charge in [0.15, 0.2) is 5.84 Å². The zero-order valence-electron chi connectivity index (χ0n) is 8.23. The van der Waals surface area contributed by atoms with Gasteiger partial charge < -0.3 is 26.1 Å². The smallest absolute Gasteiger partial charge is 0.156 e. The molecule has 1 aliphatic heterocycles. The van der Waals surface area contributed by atoms with Crippen LogP contribution in [0, 0.1) is 0 Å². The van der Waals surface area contributed by atoms with E-state index in [4.69, 9.17) is 15.7 Å². The third kappa shape index (κ3) is 2.83. The minimum Gasteiger partial charge on any atom is -0.409 e. The Morgan fingerprint density at radius 3 is 3.00 bits per heavy atom. The van der Waals surface area contributed by atoms with Crippen LogP contribution in [0.1, 0.15) is 13.3 Å². The van der Waals surface area contributed by atoms with Crippen molar-refractivity contribution in [2.24, 2.45) is 10.9 Å². The SMILES string of the molecule is CC(NCC1(O)CCOC1)C(N)=NO. The van der Waals surface area contributed by atoms with E-state index in [2.05, 4.69) is 10.5 Å². The number of rotatable bonds is 4. The monoisotopic (exact) mass is 203 g/mol. The van der Waals surface area contributed by atoms with Gasteiger partial charge in [-0.1, -0.05) is 5.16 Å². The summed E-state index contributed by atoms with van der Waals surface area (Å²) in [6, 6.07) is -0.260. The number of aliphatic hydroxyl groups is 1. The van der Waals surface area contributed by atoms with Gasteiger partial charge in [-0.05, 0) is 6.92 Å². The van der Waals surface area contributed by atoms with Gasteiger partial charge in [0, 0.05) is 19.6 Å². The molecule has 0 bridgehead atoms. The van der Waals surface area contributed by atoms with Crippen LogP contribution in [0.15, 0.2) is 5.16 Å². The zero-order chi connectivity index (χ0) is 10.6. The molecule has 0 aromatic heterocycles. The first kappa shape index (κ1) is 11.2. The van der Waals surface area contributed by atoms with E-state index in [9.17, 15) is 5.11 Å². The molecule has 0 aromatic carbocycles. The fraction of sp³-hybridized carbons (Fsp3) is 0.875. The van der Waals surface area contributed by atoms with Crippen LogP contribution in [-0.4, -0.2) is 47.6 Å². The highest BCUT2D eigenvalue weighted by Crippen LogP contribution is 2.16. The van der Waals surface area contributed by atoms with Crippen molar-refractivity contribution in [3.63, 3.8) is 0 Å². The first-order valence-electron chi connectivity index (χ1n) is 4.58. The number of hydrogen-bond acceptors (Lipinski definition) is 5. The maximum absolute atomic E-state index is 9.86.